The summed E-state index contributed by atoms with van der Waals surface area (Å²) in [5.41, 5.74) is 5.86. The molecule has 0 radical (unpaired) electrons. The number of nitrogens with two attached hydrogens (primary N) is 1. The maximum Gasteiger partial charge on any atom is 0.416 e. The van der Waals surface area contributed by atoms with Gasteiger partial charge < -0.3 is 15.5 Å². The SMILES string of the molecule is N#CC1CC2CC2N1C(=O)C(N)C1CC2CCC(C1)N2C(=O)c1ccc(C(F)(F)F)cc1. The smallest absolute Gasteiger partial charge is 0.333 e. The lowest BCUT2D eigenvalue weighted by Crippen LogP contribution is -2.55. The number of fused-ring (bicyclic) bond motifs is 3. The van der Waals surface area contributed by atoms with Gasteiger partial charge in [-0.05, 0) is 74.6 Å². The van der Waals surface area contributed by atoms with Gasteiger partial charge in [0.1, 0.15) is 6.04 Å². The molecule has 0 spiro atoms. The van der Waals surface area contributed by atoms with Gasteiger partial charge in [-0.25, -0.2) is 0 Å². The summed E-state index contributed by atoms with van der Waals surface area (Å²) < 4.78 is 38.5. The average molecular weight is 446 g/mol. The molecule has 32 heavy (non-hydrogen) atoms. The van der Waals surface area contributed by atoms with Crippen LogP contribution >= 0.6 is 0 Å². The number of halogens is 3. The van der Waals surface area contributed by atoms with Crippen molar-refractivity contribution in [3.63, 3.8) is 0 Å². The molecule has 3 aliphatic heterocycles. The molecule has 170 valence electrons. The molecule has 4 fully saturated rings. The van der Waals surface area contributed by atoms with E-state index in [1.54, 1.807) is 9.80 Å². The molecule has 2 bridgehead atoms. The van der Waals surface area contributed by atoms with Gasteiger partial charge in [-0.15, -0.1) is 0 Å². The third-order valence-corrected chi connectivity index (χ3v) is 7.76. The Labute approximate surface area is 184 Å². The maximum absolute atomic E-state index is 13.1. The van der Waals surface area contributed by atoms with E-state index in [4.69, 9.17) is 5.73 Å². The Bertz CT molecular complexity index is 959. The van der Waals surface area contributed by atoms with E-state index in [9.17, 15) is 28.0 Å². The molecule has 1 aliphatic carbocycles. The Hall–Kier alpha value is -2.60. The lowest BCUT2D eigenvalue weighted by molar-refractivity contribution is -0.137. The number of alkyl halides is 3. The zero-order valence-electron chi connectivity index (χ0n) is 17.5. The van der Waals surface area contributed by atoms with E-state index >= 15 is 0 Å². The number of nitriles is 1. The summed E-state index contributed by atoms with van der Waals surface area (Å²) in [5, 5.41) is 9.38. The predicted octanol–water partition coefficient (Wildman–Crippen LogP) is 2.93. The number of carbonyl (C=O) groups excluding carboxylic acids is 2. The number of likely N-dealkylation sites (tertiary alicyclic amines) is 1. The van der Waals surface area contributed by atoms with Crippen molar-refractivity contribution in [1.82, 2.24) is 9.80 Å². The zero-order valence-corrected chi connectivity index (χ0v) is 17.5. The molecule has 1 aromatic carbocycles. The van der Waals surface area contributed by atoms with Crippen LogP contribution in [-0.2, 0) is 11.0 Å². The van der Waals surface area contributed by atoms with Crippen molar-refractivity contribution in [3.8, 4) is 6.07 Å². The van der Waals surface area contributed by atoms with Crippen molar-refractivity contribution in [3.05, 3.63) is 35.4 Å². The van der Waals surface area contributed by atoms with Crippen LogP contribution in [0.5, 0.6) is 0 Å². The lowest BCUT2D eigenvalue weighted by Gasteiger charge is -2.41. The monoisotopic (exact) mass is 446 g/mol. The molecule has 5 rings (SSSR count). The van der Waals surface area contributed by atoms with Gasteiger partial charge >= 0.3 is 6.18 Å². The van der Waals surface area contributed by atoms with Crippen LogP contribution < -0.4 is 5.73 Å². The molecule has 3 saturated heterocycles. The fourth-order valence-corrected chi connectivity index (χ4v) is 6.06. The second-order valence-electron chi connectivity index (χ2n) is 9.62. The van der Waals surface area contributed by atoms with Crippen LogP contribution in [0.1, 0.15) is 54.4 Å². The Morgan fingerprint density at radius 1 is 1.03 bits per heavy atom. The topological polar surface area (TPSA) is 90.4 Å². The van der Waals surface area contributed by atoms with Crippen LogP contribution in [0.25, 0.3) is 0 Å². The summed E-state index contributed by atoms with van der Waals surface area (Å²) in [6.07, 6.45) is 0.00612. The van der Waals surface area contributed by atoms with E-state index in [1.807, 2.05) is 0 Å². The van der Waals surface area contributed by atoms with E-state index in [2.05, 4.69) is 6.07 Å². The second kappa shape index (κ2) is 7.48. The van der Waals surface area contributed by atoms with Crippen molar-refractivity contribution in [2.24, 2.45) is 17.6 Å². The molecule has 6 unspecified atom stereocenters. The molecule has 6 nitrogen and oxygen atoms in total. The van der Waals surface area contributed by atoms with E-state index in [1.165, 1.54) is 12.1 Å². The normalized spacial score (nSPS) is 34.1. The Morgan fingerprint density at radius 3 is 2.22 bits per heavy atom. The van der Waals surface area contributed by atoms with Gasteiger partial charge in [0.15, 0.2) is 0 Å². The van der Waals surface area contributed by atoms with Gasteiger partial charge in [-0.2, -0.15) is 18.4 Å². The summed E-state index contributed by atoms with van der Waals surface area (Å²) in [4.78, 5) is 29.7. The van der Waals surface area contributed by atoms with Crippen molar-refractivity contribution >= 4 is 11.8 Å². The van der Waals surface area contributed by atoms with Crippen LogP contribution in [0.4, 0.5) is 13.2 Å². The average Bonchev–Trinajstić information content (AvgIpc) is 3.36. The van der Waals surface area contributed by atoms with Gasteiger partial charge in [0.25, 0.3) is 5.91 Å². The summed E-state index contributed by atoms with van der Waals surface area (Å²) >= 11 is 0. The number of nitrogens with zero attached hydrogens (tertiary/aromatic N) is 3. The summed E-state index contributed by atoms with van der Waals surface area (Å²) in [7, 11) is 0. The second-order valence-corrected chi connectivity index (χ2v) is 9.62. The number of carbonyl (C=O) groups is 2. The summed E-state index contributed by atoms with van der Waals surface area (Å²) in [6.45, 7) is 0. The van der Waals surface area contributed by atoms with Gasteiger partial charge in [0.05, 0.1) is 17.7 Å². The standard InChI is InChI=1S/C23H25F3N4O2/c24-23(25,26)15-3-1-12(2-4-15)21(31)29-16-5-6-17(29)9-14(8-16)20(28)22(32)30-18(11-27)7-13-10-19(13)30/h1-4,13-14,16-20H,5-10,28H2. The van der Waals surface area contributed by atoms with E-state index in [-0.39, 0.29) is 41.4 Å². The minimum absolute atomic E-state index is 0.0752. The van der Waals surface area contributed by atoms with E-state index < -0.39 is 23.8 Å². The number of rotatable bonds is 3. The molecule has 2 amide bonds. The number of piperidine rings is 2. The van der Waals surface area contributed by atoms with Gasteiger partial charge in [0, 0.05) is 23.7 Å². The minimum atomic E-state index is -4.44. The first kappa shape index (κ1) is 21.3. The molecular weight excluding hydrogens is 421 g/mol. The van der Waals surface area contributed by atoms with Gasteiger partial charge in [-0.3, -0.25) is 9.59 Å². The molecule has 1 saturated carbocycles. The minimum Gasteiger partial charge on any atom is -0.333 e. The summed E-state index contributed by atoms with van der Waals surface area (Å²) in [6, 6.07) is 5.45. The first-order valence-corrected chi connectivity index (χ1v) is 11.2. The maximum atomic E-state index is 13.1. The van der Waals surface area contributed by atoms with Crippen molar-refractivity contribution in [1.29, 1.82) is 5.26 Å². The largest absolute Gasteiger partial charge is 0.416 e. The highest BCUT2D eigenvalue weighted by atomic mass is 19.4. The molecule has 0 aromatic heterocycles. The molecule has 4 aliphatic rings. The lowest BCUT2D eigenvalue weighted by atomic mass is 9.84. The van der Waals surface area contributed by atoms with Crippen molar-refractivity contribution < 1.29 is 22.8 Å². The quantitative estimate of drug-likeness (QED) is 0.773. The van der Waals surface area contributed by atoms with Gasteiger partial charge in [0.2, 0.25) is 5.91 Å². The highest BCUT2D eigenvalue weighted by molar-refractivity contribution is 5.95. The van der Waals surface area contributed by atoms with Crippen LogP contribution in [0.2, 0.25) is 0 Å². The Morgan fingerprint density at radius 2 is 1.66 bits per heavy atom. The van der Waals surface area contributed by atoms with E-state index in [0.29, 0.717) is 18.8 Å². The van der Waals surface area contributed by atoms with Crippen molar-refractivity contribution in [2.75, 3.05) is 0 Å². The van der Waals surface area contributed by atoms with Crippen molar-refractivity contribution in [2.45, 2.75) is 74.9 Å². The Kier molecular flexibility index (Phi) is 4.97. The van der Waals surface area contributed by atoms with E-state index in [0.717, 1.165) is 37.8 Å². The molecule has 6 atom stereocenters. The predicted molar refractivity (Wildman–Crippen MR) is 108 cm³/mol. The third kappa shape index (κ3) is 3.45. The number of amides is 2. The first-order chi connectivity index (χ1) is 15.2. The molecule has 3 heterocycles. The highest BCUT2D eigenvalue weighted by Crippen LogP contribution is 2.48. The van der Waals surface area contributed by atoms with Gasteiger partial charge in [-0.1, -0.05) is 0 Å². The summed E-state index contributed by atoms with van der Waals surface area (Å²) in [5.74, 6) is -0.0769. The molecule has 9 heteroatoms. The molecule has 1 aromatic rings. The number of benzene rings is 1. The van der Waals surface area contributed by atoms with Crippen LogP contribution in [0.3, 0.4) is 0 Å². The van der Waals surface area contributed by atoms with Crippen LogP contribution in [0, 0.1) is 23.2 Å². The number of hydrogen-bond donors (Lipinski definition) is 1. The fourth-order valence-electron chi connectivity index (χ4n) is 6.06. The molecular formula is C23H25F3N4O2. The third-order valence-electron chi connectivity index (χ3n) is 7.76. The van der Waals surface area contributed by atoms with Crippen LogP contribution in [0.15, 0.2) is 24.3 Å². The number of hydrogen-bond acceptors (Lipinski definition) is 4. The van der Waals surface area contributed by atoms with Crippen LogP contribution in [-0.4, -0.2) is 51.8 Å². The fraction of sp³-hybridized carbons (Fsp3) is 0.609. The highest BCUT2D eigenvalue weighted by Gasteiger charge is 2.56. The zero-order chi connectivity index (χ0) is 22.8. The Balaban J connectivity index is 1.27. The first-order valence-electron chi connectivity index (χ1n) is 11.2. The molecule has 2 N–H and O–H groups in total.